The van der Waals surface area contributed by atoms with E-state index < -0.39 is 21.9 Å². The highest BCUT2D eigenvalue weighted by molar-refractivity contribution is 7.89. The maximum Gasteiger partial charge on any atom is 0.243 e. The number of benzene rings is 1. The van der Waals surface area contributed by atoms with Crippen molar-refractivity contribution in [1.29, 1.82) is 0 Å². The largest absolute Gasteiger partial charge is 0.309 e. The van der Waals surface area contributed by atoms with E-state index in [4.69, 9.17) is 0 Å². The van der Waals surface area contributed by atoms with Gasteiger partial charge in [-0.1, -0.05) is 12.8 Å². The highest BCUT2D eigenvalue weighted by Gasteiger charge is 2.40. The van der Waals surface area contributed by atoms with E-state index in [0.29, 0.717) is 18.7 Å². The monoisotopic (exact) mass is 420 g/mol. The van der Waals surface area contributed by atoms with E-state index in [9.17, 15) is 17.6 Å². The number of carbonyl (C=O) groups is 1. The number of nitrogens with zero attached hydrogens (tertiary/aromatic N) is 3. The van der Waals surface area contributed by atoms with E-state index in [1.165, 1.54) is 16.4 Å². The molecule has 1 aliphatic carbocycles. The van der Waals surface area contributed by atoms with Crippen molar-refractivity contribution < 1.29 is 17.6 Å². The molecule has 1 saturated heterocycles. The molecule has 2 fully saturated rings. The fourth-order valence-electron chi connectivity index (χ4n) is 4.26. The van der Waals surface area contributed by atoms with E-state index in [2.05, 4.69) is 10.4 Å². The zero-order chi connectivity index (χ0) is 20.6. The molecule has 1 aliphatic heterocycles. The Bertz CT molecular complexity index is 997. The van der Waals surface area contributed by atoms with Gasteiger partial charge >= 0.3 is 0 Å². The van der Waals surface area contributed by atoms with Gasteiger partial charge in [0.25, 0.3) is 0 Å². The van der Waals surface area contributed by atoms with E-state index in [1.54, 1.807) is 6.20 Å². The predicted molar refractivity (Wildman–Crippen MR) is 106 cm³/mol. The van der Waals surface area contributed by atoms with Gasteiger partial charge < -0.3 is 5.32 Å². The minimum Gasteiger partial charge on any atom is -0.309 e. The summed E-state index contributed by atoms with van der Waals surface area (Å²) in [5.74, 6) is -0.209. The molecule has 29 heavy (non-hydrogen) atoms. The third-order valence-electron chi connectivity index (χ3n) is 5.82. The lowest BCUT2D eigenvalue weighted by atomic mass is 10.2. The van der Waals surface area contributed by atoms with Gasteiger partial charge in [-0.15, -0.1) is 0 Å². The third kappa shape index (κ3) is 3.81. The highest BCUT2D eigenvalue weighted by Crippen LogP contribution is 2.33. The molecule has 1 N–H and O–H groups in total. The molecule has 1 aromatic carbocycles. The zero-order valence-corrected chi connectivity index (χ0v) is 17.2. The van der Waals surface area contributed by atoms with Crippen molar-refractivity contribution in [1.82, 2.24) is 14.1 Å². The summed E-state index contributed by atoms with van der Waals surface area (Å²) in [6.45, 7) is 2.15. The Morgan fingerprint density at radius 1 is 1.14 bits per heavy atom. The van der Waals surface area contributed by atoms with Gasteiger partial charge in [-0.3, -0.25) is 4.79 Å². The van der Waals surface area contributed by atoms with Gasteiger partial charge in [-0.2, -0.15) is 9.40 Å². The second kappa shape index (κ2) is 7.87. The quantitative estimate of drug-likeness (QED) is 0.805. The SMILES string of the molecule is Cc1cnn(C2CCCC2)c1NC(=O)C1CCCN1S(=O)(=O)c1ccc(F)cc1. The second-order valence-electron chi connectivity index (χ2n) is 7.78. The van der Waals surface area contributed by atoms with Crippen LogP contribution in [0.4, 0.5) is 10.2 Å². The van der Waals surface area contributed by atoms with Crippen molar-refractivity contribution in [2.24, 2.45) is 0 Å². The van der Waals surface area contributed by atoms with Crippen LogP contribution >= 0.6 is 0 Å². The van der Waals surface area contributed by atoms with Crippen LogP contribution in [-0.2, 0) is 14.8 Å². The van der Waals surface area contributed by atoms with Crippen LogP contribution in [0.1, 0.15) is 50.1 Å². The maximum atomic E-state index is 13.2. The summed E-state index contributed by atoms with van der Waals surface area (Å²) < 4.78 is 42.3. The molecule has 0 spiro atoms. The van der Waals surface area contributed by atoms with Crippen molar-refractivity contribution in [3.8, 4) is 0 Å². The number of aryl methyl sites for hydroxylation is 1. The average Bonchev–Trinajstić information content (AvgIpc) is 3.43. The van der Waals surface area contributed by atoms with Gasteiger partial charge in [0.15, 0.2) is 0 Å². The van der Waals surface area contributed by atoms with Crippen molar-refractivity contribution >= 4 is 21.7 Å². The second-order valence-corrected chi connectivity index (χ2v) is 9.67. The molecule has 156 valence electrons. The Hall–Kier alpha value is -2.26. The summed E-state index contributed by atoms with van der Waals surface area (Å²) in [4.78, 5) is 13.0. The van der Waals surface area contributed by atoms with Crippen molar-refractivity contribution in [2.45, 2.75) is 62.4 Å². The van der Waals surface area contributed by atoms with Crippen LogP contribution in [0, 0.1) is 12.7 Å². The molecule has 1 saturated carbocycles. The molecule has 0 bridgehead atoms. The van der Waals surface area contributed by atoms with Gasteiger partial charge in [0.05, 0.1) is 17.1 Å². The van der Waals surface area contributed by atoms with Crippen molar-refractivity contribution in [3.05, 3.63) is 41.8 Å². The molecule has 7 nitrogen and oxygen atoms in total. The lowest BCUT2D eigenvalue weighted by Crippen LogP contribution is -2.43. The molecule has 1 atom stereocenters. The molecule has 2 heterocycles. The van der Waals surface area contributed by atoms with Gasteiger partial charge in [-0.05, 0) is 56.9 Å². The van der Waals surface area contributed by atoms with Crippen LogP contribution in [0.2, 0.25) is 0 Å². The molecule has 0 radical (unpaired) electrons. The first-order valence-electron chi connectivity index (χ1n) is 10.0. The summed E-state index contributed by atoms with van der Waals surface area (Å²) in [5, 5.41) is 7.37. The molecule has 4 rings (SSSR count). The standard InChI is InChI=1S/C20H25FN4O3S/c1-14-13-22-25(16-5-2-3-6-16)19(14)23-20(26)18-7-4-12-24(18)29(27,28)17-10-8-15(21)9-11-17/h8-11,13,16,18H,2-7,12H2,1H3,(H,23,26). The van der Waals surface area contributed by atoms with Crippen molar-refractivity contribution in [3.63, 3.8) is 0 Å². The number of sulfonamides is 1. The van der Waals surface area contributed by atoms with E-state index in [1.807, 2.05) is 11.6 Å². The molecular formula is C20H25FN4O3S. The molecular weight excluding hydrogens is 395 g/mol. The molecule has 9 heteroatoms. The van der Waals surface area contributed by atoms with Gasteiger partial charge in [-0.25, -0.2) is 17.5 Å². The van der Waals surface area contributed by atoms with Gasteiger partial charge in [0, 0.05) is 12.1 Å². The first kappa shape index (κ1) is 20.0. The number of hydrogen-bond donors (Lipinski definition) is 1. The fraction of sp³-hybridized carbons (Fsp3) is 0.500. The van der Waals surface area contributed by atoms with Gasteiger partial charge in [0.1, 0.15) is 17.7 Å². The number of amides is 1. The van der Waals surface area contributed by atoms with Gasteiger partial charge in [0.2, 0.25) is 15.9 Å². The molecule has 1 amide bonds. The number of anilines is 1. The smallest absolute Gasteiger partial charge is 0.243 e. The van der Waals surface area contributed by atoms with Crippen LogP contribution in [0.15, 0.2) is 35.4 Å². The summed E-state index contributed by atoms with van der Waals surface area (Å²) in [5.41, 5.74) is 0.858. The number of aromatic nitrogens is 2. The Morgan fingerprint density at radius 2 is 1.83 bits per heavy atom. The Balaban J connectivity index is 1.56. The topological polar surface area (TPSA) is 84.3 Å². The number of nitrogens with one attached hydrogen (secondary N) is 1. The summed E-state index contributed by atoms with van der Waals surface area (Å²) in [6.07, 6.45) is 7.11. The summed E-state index contributed by atoms with van der Waals surface area (Å²) in [7, 11) is -3.88. The van der Waals surface area contributed by atoms with E-state index >= 15 is 0 Å². The Labute approximate surface area is 169 Å². The zero-order valence-electron chi connectivity index (χ0n) is 16.3. The highest BCUT2D eigenvalue weighted by atomic mass is 32.2. The van der Waals surface area contributed by atoms with Crippen LogP contribution in [0.3, 0.4) is 0 Å². The molecule has 2 aromatic rings. The predicted octanol–water partition coefficient (Wildman–Crippen LogP) is 3.24. The Kier molecular flexibility index (Phi) is 5.44. The molecule has 1 aromatic heterocycles. The first-order chi connectivity index (χ1) is 13.9. The molecule has 1 unspecified atom stereocenters. The number of carbonyl (C=O) groups excluding carboxylic acids is 1. The van der Waals surface area contributed by atoms with Crippen LogP contribution in [-0.4, -0.2) is 41.0 Å². The first-order valence-corrected chi connectivity index (χ1v) is 11.4. The van der Waals surface area contributed by atoms with E-state index in [0.717, 1.165) is 43.4 Å². The van der Waals surface area contributed by atoms with Crippen LogP contribution < -0.4 is 5.32 Å². The van der Waals surface area contributed by atoms with Crippen molar-refractivity contribution in [2.75, 3.05) is 11.9 Å². The maximum absolute atomic E-state index is 13.2. The van der Waals surface area contributed by atoms with Crippen LogP contribution in [0.5, 0.6) is 0 Å². The normalized spacial score (nSPS) is 21.0. The average molecular weight is 421 g/mol. The summed E-state index contributed by atoms with van der Waals surface area (Å²) >= 11 is 0. The van der Waals surface area contributed by atoms with E-state index in [-0.39, 0.29) is 23.4 Å². The number of halogens is 1. The summed E-state index contributed by atoms with van der Waals surface area (Å²) in [6, 6.07) is 4.16. The third-order valence-corrected chi connectivity index (χ3v) is 7.74. The Morgan fingerprint density at radius 3 is 2.52 bits per heavy atom. The fourth-order valence-corrected chi connectivity index (χ4v) is 5.92. The molecule has 2 aliphatic rings. The van der Waals surface area contributed by atoms with Crippen LogP contribution in [0.25, 0.3) is 0 Å². The minimum atomic E-state index is -3.88. The number of rotatable bonds is 5. The minimum absolute atomic E-state index is 0.00854. The number of hydrogen-bond acceptors (Lipinski definition) is 4. The lowest BCUT2D eigenvalue weighted by molar-refractivity contribution is -0.119. The lowest BCUT2D eigenvalue weighted by Gasteiger charge is -2.24.